The van der Waals surface area contributed by atoms with E-state index < -0.39 is 5.41 Å². The topological polar surface area (TPSA) is 34.0 Å². The number of hydrogen-bond donors (Lipinski definition) is 0. The third-order valence-corrected chi connectivity index (χ3v) is 15.4. The smallest absolute Gasteiger partial charge is 0.0973 e. The average molecular weight is 929 g/mol. The minimum atomic E-state index is -0.445. The summed E-state index contributed by atoms with van der Waals surface area (Å²) >= 11 is 0. The molecule has 0 amide bonds. The second-order valence-electron chi connectivity index (χ2n) is 19.2. The van der Waals surface area contributed by atoms with E-state index >= 15 is 0 Å². The Morgan fingerprint density at radius 1 is 0.315 bits per heavy atom. The zero-order valence-corrected chi connectivity index (χ0v) is 39.7. The van der Waals surface area contributed by atoms with Crippen LogP contribution in [0.15, 0.2) is 267 Å². The van der Waals surface area contributed by atoms with Gasteiger partial charge in [0.1, 0.15) is 0 Å². The number of hydrogen-bond acceptors (Lipinski definition) is 3. The van der Waals surface area contributed by atoms with E-state index in [1.54, 1.807) is 0 Å². The molecule has 0 N–H and O–H groups in total. The monoisotopic (exact) mass is 928 g/mol. The maximum atomic E-state index is 5.69. The fourth-order valence-corrected chi connectivity index (χ4v) is 12.3. The highest BCUT2D eigenvalue weighted by Gasteiger charge is 2.51. The van der Waals surface area contributed by atoms with Gasteiger partial charge in [-0.1, -0.05) is 194 Å². The summed E-state index contributed by atoms with van der Waals surface area (Å²) in [6, 6.07) is 96.7. The van der Waals surface area contributed by atoms with Crippen molar-refractivity contribution in [3.8, 4) is 61.6 Å². The first kappa shape index (κ1) is 41.2. The van der Waals surface area contributed by atoms with E-state index in [2.05, 4.69) is 276 Å². The Kier molecular flexibility index (Phi) is 9.14. The SMILES string of the molecule is c1ccc(-c2nc3cccc(-c4ccc5c(c4)C4(c6ccccc6-c6ccccc64)c4ccccc4-5)c3nc2-c2ccc(N(c3ccccc3)c3ccc4c(c3)c3ccccc3n4-c3ccccc3)cc2)cc1. The molecule has 0 saturated heterocycles. The predicted molar refractivity (Wildman–Crippen MR) is 301 cm³/mol. The highest BCUT2D eigenvalue weighted by atomic mass is 15.1. The fraction of sp³-hybridized carbons (Fsp3) is 0.0145. The summed E-state index contributed by atoms with van der Waals surface area (Å²) in [5.74, 6) is 0. The van der Waals surface area contributed by atoms with Gasteiger partial charge >= 0.3 is 0 Å². The molecule has 340 valence electrons. The normalized spacial score (nSPS) is 12.8. The molecule has 1 spiro atoms. The van der Waals surface area contributed by atoms with Crippen LogP contribution in [0.5, 0.6) is 0 Å². The first-order valence-corrected chi connectivity index (χ1v) is 25.1. The molecule has 13 aromatic rings. The molecule has 0 saturated carbocycles. The lowest BCUT2D eigenvalue weighted by Crippen LogP contribution is -2.25. The van der Waals surface area contributed by atoms with E-state index in [0.717, 1.165) is 67.4 Å². The van der Waals surface area contributed by atoms with Gasteiger partial charge < -0.3 is 9.47 Å². The number of nitrogens with zero attached hydrogens (tertiary/aromatic N) is 4. The number of rotatable bonds is 7. The second-order valence-corrected chi connectivity index (χ2v) is 19.2. The lowest BCUT2D eigenvalue weighted by atomic mass is 9.70. The van der Waals surface area contributed by atoms with Gasteiger partial charge in [0.05, 0.1) is 38.9 Å². The molecule has 2 aromatic heterocycles. The first-order valence-electron chi connectivity index (χ1n) is 25.1. The van der Waals surface area contributed by atoms with Gasteiger partial charge in [-0.3, -0.25) is 0 Å². The van der Waals surface area contributed by atoms with Crippen molar-refractivity contribution in [2.24, 2.45) is 0 Å². The van der Waals surface area contributed by atoms with Gasteiger partial charge in [0.2, 0.25) is 0 Å². The van der Waals surface area contributed by atoms with Crippen LogP contribution >= 0.6 is 0 Å². The molecule has 0 fully saturated rings. The maximum Gasteiger partial charge on any atom is 0.0973 e. The minimum Gasteiger partial charge on any atom is -0.310 e. The van der Waals surface area contributed by atoms with Crippen molar-refractivity contribution in [3.63, 3.8) is 0 Å². The zero-order chi connectivity index (χ0) is 48.0. The highest BCUT2D eigenvalue weighted by molar-refractivity contribution is 6.11. The van der Waals surface area contributed by atoms with Crippen LogP contribution in [-0.2, 0) is 5.41 Å². The van der Waals surface area contributed by atoms with E-state index in [4.69, 9.17) is 9.97 Å². The molecule has 0 bridgehead atoms. The molecule has 0 radical (unpaired) electrons. The van der Waals surface area contributed by atoms with E-state index in [0.29, 0.717) is 0 Å². The largest absolute Gasteiger partial charge is 0.310 e. The Labute approximate surface area is 423 Å². The van der Waals surface area contributed by atoms with Gasteiger partial charge in [-0.25, -0.2) is 9.97 Å². The first-order chi connectivity index (χ1) is 36.2. The molecule has 73 heavy (non-hydrogen) atoms. The molecule has 4 nitrogen and oxygen atoms in total. The quantitative estimate of drug-likeness (QED) is 0.160. The standard InChI is InChI=1S/C69H44N4/c1-4-19-45(20-5-1)66-67(46-35-38-50(39-36-46)72(48-21-6-2-7-22-48)51-40-42-65-58(44-51)57-28-13-17-34-64(57)73(65)49-23-8-3-9-24-49)71-68-52(29-18-33-63(68)70-66)47-37-41-56-55-27-12-16-32-61(55)69(62(56)43-47)59-30-14-10-25-53(59)54-26-11-15-31-60(54)69/h1-44H. The van der Waals surface area contributed by atoms with E-state index in [-0.39, 0.29) is 0 Å². The number of aromatic nitrogens is 3. The second kappa shape index (κ2) is 16.2. The van der Waals surface area contributed by atoms with Crippen LogP contribution in [0.3, 0.4) is 0 Å². The van der Waals surface area contributed by atoms with Crippen molar-refractivity contribution in [2.45, 2.75) is 5.41 Å². The van der Waals surface area contributed by atoms with Crippen LogP contribution in [0.2, 0.25) is 0 Å². The number of benzene rings is 11. The van der Waals surface area contributed by atoms with Crippen LogP contribution in [0.4, 0.5) is 17.1 Å². The van der Waals surface area contributed by atoms with Crippen LogP contribution in [-0.4, -0.2) is 14.5 Å². The van der Waals surface area contributed by atoms with Crippen molar-refractivity contribution in [1.82, 2.24) is 14.5 Å². The summed E-state index contributed by atoms with van der Waals surface area (Å²) in [6.45, 7) is 0. The summed E-state index contributed by atoms with van der Waals surface area (Å²) in [5.41, 5.74) is 24.3. The van der Waals surface area contributed by atoms with Crippen molar-refractivity contribution >= 4 is 49.9 Å². The summed E-state index contributed by atoms with van der Waals surface area (Å²) < 4.78 is 2.37. The van der Waals surface area contributed by atoms with E-state index in [1.165, 1.54) is 66.3 Å². The summed E-state index contributed by atoms with van der Waals surface area (Å²) in [7, 11) is 0. The summed E-state index contributed by atoms with van der Waals surface area (Å²) in [5, 5.41) is 2.41. The molecular formula is C69H44N4. The Hall–Kier alpha value is -9.64. The van der Waals surface area contributed by atoms with Crippen LogP contribution in [0.25, 0.3) is 94.4 Å². The van der Waals surface area contributed by atoms with Gasteiger partial charge in [0, 0.05) is 50.2 Å². The molecule has 11 aromatic carbocycles. The molecule has 0 aliphatic heterocycles. The Morgan fingerprint density at radius 3 is 1.52 bits per heavy atom. The van der Waals surface area contributed by atoms with Crippen LogP contribution < -0.4 is 4.90 Å². The molecule has 4 heteroatoms. The fourth-order valence-electron chi connectivity index (χ4n) is 12.3. The molecule has 15 rings (SSSR count). The Balaban J connectivity index is 0.884. The molecule has 2 heterocycles. The average Bonchev–Trinajstić information content (AvgIpc) is 4.07. The van der Waals surface area contributed by atoms with Crippen molar-refractivity contribution in [2.75, 3.05) is 4.90 Å². The van der Waals surface area contributed by atoms with Gasteiger partial charge in [-0.2, -0.15) is 0 Å². The lowest BCUT2D eigenvalue weighted by molar-refractivity contribution is 0.794. The molecule has 0 unspecified atom stereocenters. The van der Waals surface area contributed by atoms with Gasteiger partial charge in [-0.05, 0) is 123 Å². The number of anilines is 3. The zero-order valence-electron chi connectivity index (χ0n) is 39.7. The van der Waals surface area contributed by atoms with Crippen LogP contribution in [0, 0.1) is 0 Å². The van der Waals surface area contributed by atoms with E-state index in [1.807, 2.05) is 0 Å². The van der Waals surface area contributed by atoms with Gasteiger partial charge in [0.25, 0.3) is 0 Å². The van der Waals surface area contributed by atoms with Crippen molar-refractivity contribution in [1.29, 1.82) is 0 Å². The molecular weight excluding hydrogens is 885 g/mol. The summed E-state index contributed by atoms with van der Waals surface area (Å²) in [4.78, 5) is 13.5. The number of fused-ring (bicyclic) bond motifs is 14. The van der Waals surface area contributed by atoms with Gasteiger partial charge in [-0.15, -0.1) is 0 Å². The molecule has 0 atom stereocenters. The predicted octanol–water partition coefficient (Wildman–Crippen LogP) is 17.5. The maximum absolute atomic E-state index is 5.69. The Morgan fingerprint density at radius 2 is 0.822 bits per heavy atom. The van der Waals surface area contributed by atoms with Crippen molar-refractivity contribution in [3.05, 3.63) is 289 Å². The third-order valence-electron chi connectivity index (χ3n) is 15.4. The third kappa shape index (κ3) is 6.14. The summed E-state index contributed by atoms with van der Waals surface area (Å²) in [6.07, 6.45) is 0. The van der Waals surface area contributed by atoms with Gasteiger partial charge in [0.15, 0.2) is 0 Å². The van der Waals surface area contributed by atoms with Crippen molar-refractivity contribution < 1.29 is 0 Å². The molecule has 2 aliphatic carbocycles. The van der Waals surface area contributed by atoms with Crippen LogP contribution in [0.1, 0.15) is 22.3 Å². The number of para-hydroxylation sites is 4. The highest BCUT2D eigenvalue weighted by Crippen LogP contribution is 2.63. The minimum absolute atomic E-state index is 0.445. The molecule has 2 aliphatic rings. The lowest BCUT2D eigenvalue weighted by Gasteiger charge is -2.30. The Bertz CT molecular complexity index is 4250. The van der Waals surface area contributed by atoms with E-state index in [9.17, 15) is 0 Å².